The Morgan fingerprint density at radius 2 is 2.14 bits per heavy atom. The third-order valence-electron chi connectivity index (χ3n) is 4.86. The molecule has 0 spiro atoms. The van der Waals surface area contributed by atoms with Gasteiger partial charge in [0.05, 0.1) is 5.56 Å². The minimum absolute atomic E-state index is 0.713. The Kier molecular flexibility index (Phi) is 5.92. The molecule has 0 atom stereocenters. The normalized spacial score (nSPS) is 14.1. The number of thioether (sulfide) groups is 1. The van der Waals surface area contributed by atoms with Crippen molar-refractivity contribution in [3.63, 3.8) is 0 Å². The van der Waals surface area contributed by atoms with Crippen LogP contribution in [0.1, 0.15) is 22.4 Å². The molecule has 0 unspecified atom stereocenters. The van der Waals surface area contributed by atoms with E-state index in [1.165, 1.54) is 11.1 Å². The second-order valence-corrected chi connectivity index (χ2v) is 8.62. The van der Waals surface area contributed by atoms with E-state index in [9.17, 15) is 5.26 Å². The zero-order valence-electron chi connectivity index (χ0n) is 15.8. The predicted molar refractivity (Wildman–Crippen MR) is 119 cm³/mol. The molecule has 3 heterocycles. The quantitative estimate of drug-likeness (QED) is 0.529. The van der Waals surface area contributed by atoms with Crippen molar-refractivity contribution in [1.29, 1.82) is 5.26 Å². The number of aromatic nitrogens is 1. The molecule has 5 heteroatoms. The maximum Gasteiger partial charge on any atom is 0.115 e. The zero-order chi connectivity index (χ0) is 19.3. The Bertz CT molecular complexity index is 1020. The number of pyridine rings is 1. The van der Waals surface area contributed by atoms with Crippen LogP contribution in [0.4, 0.5) is 0 Å². The summed E-state index contributed by atoms with van der Waals surface area (Å²) in [5, 5.41) is 15.0. The number of hydrogen-bond acceptors (Lipinski definition) is 5. The molecule has 1 aromatic carbocycles. The number of fused-ring (bicyclic) bond motifs is 1. The molecule has 0 bridgehead atoms. The van der Waals surface area contributed by atoms with Gasteiger partial charge in [-0.25, -0.2) is 4.98 Å². The largest absolute Gasteiger partial charge is 0.302 e. The summed E-state index contributed by atoms with van der Waals surface area (Å²) in [4.78, 5) is 7.22. The third-order valence-corrected chi connectivity index (χ3v) is 6.47. The van der Waals surface area contributed by atoms with Crippen molar-refractivity contribution in [3.05, 3.63) is 75.6 Å². The number of nitriles is 1. The van der Waals surface area contributed by atoms with Gasteiger partial charge in [0.25, 0.3) is 0 Å². The highest BCUT2D eigenvalue weighted by atomic mass is 32.2. The van der Waals surface area contributed by atoms with E-state index in [0.717, 1.165) is 47.1 Å². The van der Waals surface area contributed by atoms with Crippen molar-refractivity contribution >= 4 is 29.2 Å². The molecular formula is C23H21N3S2. The molecule has 0 aliphatic carbocycles. The molecular weight excluding hydrogens is 382 g/mol. The highest BCUT2D eigenvalue weighted by Gasteiger charge is 2.24. The van der Waals surface area contributed by atoms with E-state index in [0.29, 0.717) is 5.56 Å². The van der Waals surface area contributed by atoms with Crippen molar-refractivity contribution in [2.24, 2.45) is 0 Å². The van der Waals surface area contributed by atoms with Gasteiger partial charge in [-0.15, -0.1) is 11.8 Å². The van der Waals surface area contributed by atoms with E-state index in [4.69, 9.17) is 4.98 Å². The van der Waals surface area contributed by atoms with Crippen LogP contribution in [0.5, 0.6) is 0 Å². The predicted octanol–water partition coefficient (Wildman–Crippen LogP) is 5.48. The van der Waals surface area contributed by atoms with E-state index in [-0.39, 0.29) is 0 Å². The molecule has 0 saturated heterocycles. The highest BCUT2D eigenvalue weighted by Crippen LogP contribution is 2.37. The molecule has 1 aliphatic rings. The topological polar surface area (TPSA) is 39.9 Å². The van der Waals surface area contributed by atoms with Crippen LogP contribution in [0, 0.1) is 11.3 Å². The van der Waals surface area contributed by atoms with E-state index in [1.807, 2.05) is 18.2 Å². The van der Waals surface area contributed by atoms with Crippen LogP contribution in [-0.2, 0) is 13.0 Å². The van der Waals surface area contributed by atoms with E-state index < -0.39 is 0 Å². The smallest absolute Gasteiger partial charge is 0.115 e. The lowest BCUT2D eigenvalue weighted by atomic mass is 9.93. The third kappa shape index (κ3) is 4.05. The monoisotopic (exact) mass is 403 g/mol. The molecule has 3 aromatic rings. The molecule has 0 N–H and O–H groups in total. The minimum Gasteiger partial charge on any atom is -0.302 e. The molecule has 2 aromatic heterocycles. The van der Waals surface area contributed by atoms with Gasteiger partial charge in [-0.05, 0) is 40.6 Å². The van der Waals surface area contributed by atoms with Crippen LogP contribution < -0.4 is 0 Å². The van der Waals surface area contributed by atoms with Crippen LogP contribution >= 0.6 is 23.1 Å². The van der Waals surface area contributed by atoms with Crippen molar-refractivity contribution in [1.82, 2.24) is 9.88 Å². The van der Waals surface area contributed by atoms with E-state index in [1.54, 1.807) is 23.1 Å². The van der Waals surface area contributed by atoms with Gasteiger partial charge in [0.1, 0.15) is 11.1 Å². The molecule has 140 valence electrons. The Labute approximate surface area is 174 Å². The first kappa shape index (κ1) is 18.9. The fourth-order valence-electron chi connectivity index (χ4n) is 3.48. The number of likely N-dealkylation sites (N-methyl/N-ethyl adjacent to an activating group) is 1. The fourth-order valence-corrected chi connectivity index (χ4v) is 4.94. The first-order valence-corrected chi connectivity index (χ1v) is 11.2. The highest BCUT2D eigenvalue weighted by molar-refractivity contribution is 7.99. The summed E-state index contributed by atoms with van der Waals surface area (Å²) in [6.07, 6.45) is 5.19. The lowest BCUT2D eigenvalue weighted by Gasteiger charge is -2.27. The molecule has 0 amide bonds. The maximum atomic E-state index is 9.97. The van der Waals surface area contributed by atoms with Gasteiger partial charge in [0.15, 0.2) is 0 Å². The summed E-state index contributed by atoms with van der Waals surface area (Å²) in [5.74, 6) is 0.790. The van der Waals surface area contributed by atoms with Crippen molar-refractivity contribution in [2.45, 2.75) is 18.0 Å². The molecule has 1 aliphatic heterocycles. The summed E-state index contributed by atoms with van der Waals surface area (Å²) in [6.45, 7) is 1.86. The fraction of sp³-hybridized carbons (Fsp3) is 0.217. The SMILES string of the molecule is CN1CCc2nc(SC/C=C/c3ccccc3)c(C#N)c(-c3ccsc3)c2C1. The number of nitrogens with zero attached hydrogens (tertiary/aromatic N) is 3. The summed E-state index contributed by atoms with van der Waals surface area (Å²) >= 11 is 3.31. The Balaban J connectivity index is 1.67. The Hall–Kier alpha value is -2.39. The zero-order valence-corrected chi connectivity index (χ0v) is 17.4. The Morgan fingerprint density at radius 1 is 1.29 bits per heavy atom. The molecule has 3 nitrogen and oxygen atoms in total. The summed E-state index contributed by atoms with van der Waals surface area (Å²) in [6, 6.07) is 14.8. The number of thiophene rings is 1. The van der Waals surface area contributed by atoms with Gasteiger partial charge in [0.2, 0.25) is 0 Å². The van der Waals surface area contributed by atoms with Crippen LogP contribution in [-0.4, -0.2) is 29.2 Å². The van der Waals surface area contributed by atoms with Crippen molar-refractivity contribution in [3.8, 4) is 17.2 Å². The first-order chi connectivity index (χ1) is 13.8. The van der Waals surface area contributed by atoms with E-state index >= 15 is 0 Å². The van der Waals surface area contributed by atoms with Gasteiger partial charge in [-0.2, -0.15) is 16.6 Å². The standard InChI is InChI=1S/C23H21N3S2/c1-26-11-9-21-20(15-26)22(18-10-13-27-16-18)19(14-24)23(25-21)28-12-5-8-17-6-3-2-4-7-17/h2-8,10,13,16H,9,11-12,15H2,1H3/b8-5+. The molecule has 28 heavy (non-hydrogen) atoms. The molecule has 0 radical (unpaired) electrons. The minimum atomic E-state index is 0.713. The first-order valence-electron chi connectivity index (χ1n) is 9.27. The maximum absolute atomic E-state index is 9.97. The van der Waals surface area contributed by atoms with Crippen LogP contribution in [0.15, 0.2) is 58.3 Å². The number of benzene rings is 1. The summed E-state index contributed by atoms with van der Waals surface area (Å²) < 4.78 is 0. The van der Waals surface area contributed by atoms with Crippen molar-refractivity contribution in [2.75, 3.05) is 19.3 Å². The summed E-state index contributed by atoms with van der Waals surface area (Å²) in [5.41, 5.74) is 6.47. The van der Waals surface area contributed by atoms with Gasteiger partial charge < -0.3 is 4.90 Å². The van der Waals surface area contributed by atoms with Crippen LogP contribution in [0.25, 0.3) is 17.2 Å². The number of rotatable bonds is 5. The molecule has 4 rings (SSSR count). The molecule has 0 fully saturated rings. The second-order valence-electron chi connectivity index (χ2n) is 6.83. The van der Waals surface area contributed by atoms with Crippen LogP contribution in [0.2, 0.25) is 0 Å². The van der Waals surface area contributed by atoms with Gasteiger partial charge >= 0.3 is 0 Å². The van der Waals surface area contributed by atoms with Gasteiger partial charge in [-0.1, -0.05) is 42.5 Å². The number of hydrogen-bond donors (Lipinski definition) is 0. The van der Waals surface area contributed by atoms with Gasteiger partial charge in [0, 0.05) is 36.5 Å². The molecule has 0 saturated carbocycles. The Morgan fingerprint density at radius 3 is 2.89 bits per heavy atom. The van der Waals surface area contributed by atoms with E-state index in [2.05, 4.69) is 59.1 Å². The van der Waals surface area contributed by atoms with Crippen LogP contribution in [0.3, 0.4) is 0 Å². The lowest BCUT2D eigenvalue weighted by Crippen LogP contribution is -2.28. The summed E-state index contributed by atoms with van der Waals surface area (Å²) in [7, 11) is 2.13. The van der Waals surface area contributed by atoms with Gasteiger partial charge in [-0.3, -0.25) is 0 Å². The lowest BCUT2D eigenvalue weighted by molar-refractivity contribution is 0.309. The average molecular weight is 404 g/mol. The van der Waals surface area contributed by atoms with Crippen molar-refractivity contribution < 1.29 is 0 Å². The second kappa shape index (κ2) is 8.74. The average Bonchev–Trinajstić information content (AvgIpc) is 3.25.